The van der Waals surface area contributed by atoms with Crippen molar-refractivity contribution in [2.24, 2.45) is 0 Å². The van der Waals surface area contributed by atoms with Crippen molar-refractivity contribution in [1.29, 1.82) is 0 Å². The monoisotopic (exact) mass is 178 g/mol. The lowest BCUT2D eigenvalue weighted by Gasteiger charge is -2.03. The van der Waals surface area contributed by atoms with Crippen LogP contribution in [0.5, 0.6) is 0 Å². The Morgan fingerprint density at radius 1 is 1.38 bits per heavy atom. The largest absolute Gasteiger partial charge is 0.383 e. The number of hydrogen-bond donors (Lipinski definition) is 1. The molecule has 0 aliphatic carbocycles. The first-order valence-corrected chi connectivity index (χ1v) is 4.95. The van der Waals surface area contributed by atoms with Crippen molar-refractivity contribution in [3.63, 3.8) is 0 Å². The lowest BCUT2D eigenvalue weighted by Crippen LogP contribution is -1.96. The van der Waals surface area contributed by atoms with Crippen LogP contribution in [0.25, 0.3) is 0 Å². The third kappa shape index (κ3) is 3.05. The van der Waals surface area contributed by atoms with Gasteiger partial charge in [-0.25, -0.2) is 4.98 Å². The highest BCUT2D eigenvalue weighted by atomic mass is 14.8. The molecule has 0 saturated heterocycles. The normalized spacial score (nSPS) is 10.3. The summed E-state index contributed by atoms with van der Waals surface area (Å²) in [6.07, 6.45) is 6.83. The van der Waals surface area contributed by atoms with Crippen molar-refractivity contribution in [1.82, 2.24) is 4.98 Å². The van der Waals surface area contributed by atoms with Crippen LogP contribution >= 0.6 is 0 Å². The Hall–Kier alpha value is -1.05. The molecule has 0 atom stereocenters. The zero-order valence-electron chi connectivity index (χ0n) is 8.51. The number of unbranched alkanes of at least 4 members (excludes halogenated alkanes) is 2. The lowest BCUT2D eigenvalue weighted by atomic mass is 10.1. The highest BCUT2D eigenvalue weighted by Gasteiger charge is 1.97. The zero-order chi connectivity index (χ0) is 9.68. The highest BCUT2D eigenvalue weighted by molar-refractivity contribution is 5.39. The van der Waals surface area contributed by atoms with E-state index in [0.29, 0.717) is 5.82 Å². The van der Waals surface area contributed by atoms with Gasteiger partial charge in [-0.15, -0.1) is 0 Å². The second-order valence-electron chi connectivity index (χ2n) is 3.50. The SMILES string of the molecule is CCCCCc1cnc(N)c(C)c1. The highest BCUT2D eigenvalue weighted by Crippen LogP contribution is 2.11. The van der Waals surface area contributed by atoms with E-state index in [4.69, 9.17) is 5.73 Å². The van der Waals surface area contributed by atoms with E-state index < -0.39 is 0 Å². The Labute approximate surface area is 80.2 Å². The number of rotatable bonds is 4. The number of nitrogen functional groups attached to an aromatic ring is 1. The fourth-order valence-corrected chi connectivity index (χ4v) is 1.36. The Balaban J connectivity index is 2.53. The van der Waals surface area contributed by atoms with Gasteiger partial charge in [0.1, 0.15) is 5.82 Å². The summed E-state index contributed by atoms with van der Waals surface area (Å²) in [4.78, 5) is 4.14. The van der Waals surface area contributed by atoms with Crippen LogP contribution in [0.1, 0.15) is 37.3 Å². The van der Waals surface area contributed by atoms with Crippen LogP contribution < -0.4 is 5.73 Å². The minimum absolute atomic E-state index is 0.652. The molecule has 0 spiro atoms. The molecule has 0 saturated carbocycles. The molecule has 1 aromatic rings. The number of anilines is 1. The van der Waals surface area contributed by atoms with E-state index in [0.717, 1.165) is 12.0 Å². The molecule has 0 aliphatic rings. The van der Waals surface area contributed by atoms with Crippen LogP contribution in [-0.4, -0.2) is 4.98 Å². The van der Waals surface area contributed by atoms with Crippen molar-refractivity contribution >= 4 is 5.82 Å². The van der Waals surface area contributed by atoms with Gasteiger partial charge < -0.3 is 5.73 Å². The van der Waals surface area contributed by atoms with E-state index in [1.807, 2.05) is 13.1 Å². The maximum absolute atomic E-state index is 5.63. The predicted molar refractivity (Wildman–Crippen MR) is 56.6 cm³/mol. The maximum Gasteiger partial charge on any atom is 0.126 e. The lowest BCUT2D eigenvalue weighted by molar-refractivity contribution is 0.716. The van der Waals surface area contributed by atoms with Crippen molar-refractivity contribution < 1.29 is 0 Å². The van der Waals surface area contributed by atoms with E-state index in [2.05, 4.69) is 18.0 Å². The molecule has 1 rings (SSSR count). The van der Waals surface area contributed by atoms with Crippen molar-refractivity contribution in [3.8, 4) is 0 Å². The fourth-order valence-electron chi connectivity index (χ4n) is 1.36. The number of nitrogens with two attached hydrogens (primary N) is 1. The van der Waals surface area contributed by atoms with E-state index >= 15 is 0 Å². The fraction of sp³-hybridized carbons (Fsp3) is 0.545. The quantitative estimate of drug-likeness (QED) is 0.720. The molecule has 1 aromatic heterocycles. The summed E-state index contributed by atoms with van der Waals surface area (Å²) in [6, 6.07) is 2.14. The number of hydrogen-bond acceptors (Lipinski definition) is 2. The minimum atomic E-state index is 0.652. The Bertz CT molecular complexity index is 269. The molecular formula is C11H18N2. The molecule has 72 valence electrons. The van der Waals surface area contributed by atoms with Gasteiger partial charge in [0.2, 0.25) is 0 Å². The topological polar surface area (TPSA) is 38.9 Å². The Morgan fingerprint density at radius 3 is 2.77 bits per heavy atom. The molecular weight excluding hydrogens is 160 g/mol. The van der Waals surface area contributed by atoms with Crippen LogP contribution in [0.4, 0.5) is 5.82 Å². The molecule has 2 N–H and O–H groups in total. The summed E-state index contributed by atoms with van der Waals surface area (Å²) in [5.41, 5.74) is 8.03. The molecule has 0 bridgehead atoms. The molecule has 2 heteroatoms. The summed E-state index contributed by atoms with van der Waals surface area (Å²) in [5, 5.41) is 0. The van der Waals surface area contributed by atoms with Gasteiger partial charge in [0, 0.05) is 6.20 Å². The smallest absolute Gasteiger partial charge is 0.126 e. The summed E-state index contributed by atoms with van der Waals surface area (Å²) in [5.74, 6) is 0.652. The molecule has 13 heavy (non-hydrogen) atoms. The predicted octanol–water partition coefficient (Wildman–Crippen LogP) is 2.70. The molecule has 0 aliphatic heterocycles. The summed E-state index contributed by atoms with van der Waals surface area (Å²) < 4.78 is 0. The van der Waals surface area contributed by atoms with Crippen molar-refractivity contribution in [2.75, 3.05) is 5.73 Å². The first kappa shape index (κ1) is 10.0. The van der Waals surface area contributed by atoms with Crippen LogP contribution in [-0.2, 0) is 6.42 Å². The van der Waals surface area contributed by atoms with E-state index in [1.165, 1.54) is 24.8 Å². The molecule has 0 unspecified atom stereocenters. The van der Waals surface area contributed by atoms with Crippen LogP contribution in [0.15, 0.2) is 12.3 Å². The second-order valence-corrected chi connectivity index (χ2v) is 3.50. The van der Waals surface area contributed by atoms with Crippen molar-refractivity contribution in [2.45, 2.75) is 39.5 Å². The van der Waals surface area contributed by atoms with Crippen LogP contribution in [0.2, 0.25) is 0 Å². The summed E-state index contributed by atoms with van der Waals surface area (Å²) in [6.45, 7) is 4.22. The molecule has 0 fully saturated rings. The van der Waals surface area contributed by atoms with E-state index in [9.17, 15) is 0 Å². The van der Waals surface area contributed by atoms with E-state index in [-0.39, 0.29) is 0 Å². The van der Waals surface area contributed by atoms with Gasteiger partial charge in [0.05, 0.1) is 0 Å². The number of aromatic nitrogens is 1. The Morgan fingerprint density at radius 2 is 2.15 bits per heavy atom. The number of aryl methyl sites for hydroxylation is 2. The zero-order valence-corrected chi connectivity index (χ0v) is 8.51. The molecule has 1 heterocycles. The summed E-state index contributed by atoms with van der Waals surface area (Å²) >= 11 is 0. The van der Waals surface area contributed by atoms with Gasteiger partial charge in [-0.1, -0.05) is 25.8 Å². The first-order chi connectivity index (χ1) is 6.24. The van der Waals surface area contributed by atoms with Gasteiger partial charge in [-0.3, -0.25) is 0 Å². The standard InChI is InChI=1S/C11H18N2/c1-3-4-5-6-10-7-9(2)11(12)13-8-10/h7-8H,3-6H2,1-2H3,(H2,12,13). The van der Waals surface area contributed by atoms with Crippen molar-refractivity contribution in [3.05, 3.63) is 23.4 Å². The van der Waals surface area contributed by atoms with Gasteiger partial charge >= 0.3 is 0 Å². The van der Waals surface area contributed by atoms with Gasteiger partial charge in [0.25, 0.3) is 0 Å². The second kappa shape index (κ2) is 4.85. The third-order valence-corrected chi connectivity index (χ3v) is 2.24. The summed E-state index contributed by atoms with van der Waals surface area (Å²) in [7, 11) is 0. The maximum atomic E-state index is 5.63. The Kier molecular flexibility index (Phi) is 3.74. The third-order valence-electron chi connectivity index (χ3n) is 2.24. The van der Waals surface area contributed by atoms with Crippen LogP contribution in [0, 0.1) is 6.92 Å². The first-order valence-electron chi connectivity index (χ1n) is 4.95. The van der Waals surface area contributed by atoms with Crippen LogP contribution in [0.3, 0.4) is 0 Å². The average molecular weight is 178 g/mol. The molecule has 0 radical (unpaired) electrons. The minimum Gasteiger partial charge on any atom is -0.383 e. The molecule has 0 amide bonds. The van der Waals surface area contributed by atoms with Gasteiger partial charge in [-0.05, 0) is 30.9 Å². The average Bonchev–Trinajstić information content (AvgIpc) is 2.12. The molecule has 0 aromatic carbocycles. The van der Waals surface area contributed by atoms with E-state index in [1.54, 1.807) is 0 Å². The van der Waals surface area contributed by atoms with Gasteiger partial charge in [0.15, 0.2) is 0 Å². The number of nitrogens with zero attached hydrogens (tertiary/aromatic N) is 1. The molecule has 2 nitrogen and oxygen atoms in total. The number of pyridine rings is 1. The van der Waals surface area contributed by atoms with Gasteiger partial charge in [-0.2, -0.15) is 0 Å².